The minimum atomic E-state index is -0.348. The van der Waals surface area contributed by atoms with Crippen molar-refractivity contribution in [3.05, 3.63) is 79.1 Å². The minimum absolute atomic E-state index is 0. The van der Waals surface area contributed by atoms with Crippen molar-refractivity contribution in [3.8, 4) is 0 Å². The zero-order chi connectivity index (χ0) is 25.3. The van der Waals surface area contributed by atoms with Gasteiger partial charge in [-0.1, -0.05) is 47.3 Å². The van der Waals surface area contributed by atoms with Crippen LogP contribution in [-0.2, 0) is 49.3 Å². The molecule has 2 aliphatic rings. The zero-order valence-electron chi connectivity index (χ0n) is 21.8. The second-order valence-electron chi connectivity index (χ2n) is 7.33. The average Bonchev–Trinajstić information content (AvgIpc) is 3.12. The van der Waals surface area contributed by atoms with E-state index in [-0.39, 0.29) is 51.5 Å². The molecule has 0 spiro atoms. The van der Waals surface area contributed by atoms with Gasteiger partial charge in [0.15, 0.2) is 0 Å². The van der Waals surface area contributed by atoms with Crippen LogP contribution in [0.3, 0.4) is 0 Å². The summed E-state index contributed by atoms with van der Waals surface area (Å²) in [4.78, 5) is 17.2. The molecule has 0 radical (unpaired) electrons. The van der Waals surface area contributed by atoms with Crippen LogP contribution in [0.25, 0.3) is 0 Å². The molecule has 1 aliphatic heterocycles. The van der Waals surface area contributed by atoms with Crippen molar-refractivity contribution in [1.82, 2.24) is 4.90 Å². The molecule has 2 aromatic rings. The van der Waals surface area contributed by atoms with E-state index < -0.39 is 0 Å². The van der Waals surface area contributed by atoms with Gasteiger partial charge in [-0.05, 0) is 36.5 Å². The van der Waals surface area contributed by atoms with Gasteiger partial charge < -0.3 is 23.1 Å². The number of hydrogen-bond donors (Lipinski definition) is 0. The zero-order valence-corrected chi connectivity index (χ0v) is 28.9. The Kier molecular flexibility index (Phi) is 26.9. The van der Waals surface area contributed by atoms with E-state index in [1.165, 1.54) is 11.1 Å². The number of anilines is 1. The molecule has 1 amide bonds. The molecular formula is C29H45I2N2OY. The number of benzene rings is 2. The Hall–Kier alpha value is 0.434. The molecule has 0 fully saturated rings. The number of hydrogen-bond acceptors (Lipinski definition) is 2. The number of nitrogens with zero attached hydrogens (tertiary/aromatic N) is 2. The molecular weight excluding hydrogens is 735 g/mol. The molecule has 3 nitrogen and oxygen atoms in total. The SMILES string of the molecule is C.CC.CC.II.[CH2-]CN(C[CH-]C)CC12CCCc3cccc(c31)N(C)C2=O.[Y+3].[c-]1ccccc1. The van der Waals surface area contributed by atoms with Crippen LogP contribution in [0.5, 0.6) is 0 Å². The fraction of sp³-hybridized carbons (Fsp3) is 0.483. The maximum absolute atomic E-state index is 13.0. The third-order valence-electron chi connectivity index (χ3n) is 5.59. The second kappa shape index (κ2) is 23.5. The predicted octanol–water partition coefficient (Wildman–Crippen LogP) is 8.54. The molecule has 0 saturated heterocycles. The van der Waals surface area contributed by atoms with Crippen LogP contribution in [0.15, 0.2) is 48.5 Å². The summed E-state index contributed by atoms with van der Waals surface area (Å²) in [5.74, 6) is 0.263. The number of carbonyl (C=O) groups excluding carboxylic acids is 1. The van der Waals surface area contributed by atoms with Gasteiger partial charge in [0.2, 0.25) is 5.91 Å². The third-order valence-corrected chi connectivity index (χ3v) is 5.59. The average molecular weight is 780 g/mol. The Balaban J connectivity index is -0.000000621. The molecule has 0 aromatic heterocycles. The molecule has 1 unspecified atom stereocenters. The first-order chi connectivity index (χ1) is 16.1. The fourth-order valence-electron chi connectivity index (χ4n) is 4.42. The van der Waals surface area contributed by atoms with Crippen molar-refractivity contribution in [2.75, 3.05) is 31.6 Å². The number of carbonyl (C=O) groups is 1. The van der Waals surface area contributed by atoms with Gasteiger partial charge in [-0.2, -0.15) is 43.3 Å². The fourth-order valence-corrected chi connectivity index (χ4v) is 4.42. The first-order valence-corrected chi connectivity index (χ1v) is 18.2. The Morgan fingerprint density at radius 3 is 2.17 bits per heavy atom. The molecule has 1 heterocycles. The summed E-state index contributed by atoms with van der Waals surface area (Å²) in [6.45, 7) is 16.5. The topological polar surface area (TPSA) is 23.6 Å². The number of aryl methyl sites for hydroxylation is 1. The normalized spacial score (nSPS) is 16.2. The van der Waals surface area contributed by atoms with Crippen molar-refractivity contribution in [1.29, 1.82) is 0 Å². The van der Waals surface area contributed by atoms with Gasteiger partial charge >= 0.3 is 32.7 Å². The molecule has 2 aromatic carbocycles. The Morgan fingerprint density at radius 1 is 1.11 bits per heavy atom. The smallest absolute Gasteiger partial charge is 0.361 e. The Morgan fingerprint density at radius 2 is 1.71 bits per heavy atom. The van der Waals surface area contributed by atoms with E-state index in [1.54, 1.807) is 0 Å². The van der Waals surface area contributed by atoms with Crippen molar-refractivity contribution in [2.45, 2.75) is 66.7 Å². The first kappa shape index (κ1) is 39.9. The number of likely N-dealkylation sites (N-methyl/N-ethyl adjacent to an activating group) is 1. The monoisotopic (exact) mass is 780 g/mol. The molecule has 0 saturated carbocycles. The summed E-state index contributed by atoms with van der Waals surface area (Å²) >= 11 is 4.24. The van der Waals surface area contributed by atoms with Gasteiger partial charge in [0.1, 0.15) is 0 Å². The van der Waals surface area contributed by atoms with E-state index in [2.05, 4.69) is 86.7 Å². The number of rotatable bonds is 5. The molecule has 4 rings (SSSR count). The molecule has 35 heavy (non-hydrogen) atoms. The minimum Gasteiger partial charge on any atom is -0.361 e. The molecule has 6 heteroatoms. The molecule has 0 N–H and O–H groups in total. The summed E-state index contributed by atoms with van der Waals surface area (Å²) in [6.07, 6.45) is 5.29. The summed E-state index contributed by atoms with van der Waals surface area (Å²) < 4.78 is 0. The molecule has 0 bridgehead atoms. The Bertz CT molecular complexity index is 750. The van der Waals surface area contributed by atoms with Crippen molar-refractivity contribution < 1.29 is 37.5 Å². The van der Waals surface area contributed by atoms with E-state index in [1.807, 2.05) is 70.0 Å². The molecule has 1 aliphatic carbocycles. The summed E-state index contributed by atoms with van der Waals surface area (Å²) in [6, 6.07) is 18.9. The van der Waals surface area contributed by atoms with E-state index in [4.69, 9.17) is 0 Å². The van der Waals surface area contributed by atoms with E-state index in [9.17, 15) is 4.79 Å². The summed E-state index contributed by atoms with van der Waals surface area (Å²) in [5, 5.41) is 0. The van der Waals surface area contributed by atoms with Crippen LogP contribution in [0.4, 0.5) is 5.69 Å². The third kappa shape index (κ3) is 11.0. The van der Waals surface area contributed by atoms with Crippen LogP contribution < -0.4 is 4.90 Å². The van der Waals surface area contributed by atoms with Gasteiger partial charge in [-0.3, -0.25) is 4.79 Å². The van der Waals surface area contributed by atoms with Crippen molar-refractivity contribution in [2.24, 2.45) is 0 Å². The van der Waals surface area contributed by atoms with Crippen LogP contribution in [-0.4, -0.2) is 37.5 Å². The van der Waals surface area contributed by atoms with Crippen LogP contribution in [0.2, 0.25) is 0 Å². The van der Waals surface area contributed by atoms with Crippen molar-refractivity contribution >= 4 is 48.8 Å². The van der Waals surface area contributed by atoms with Gasteiger partial charge in [0.25, 0.3) is 0 Å². The molecule has 1 atom stereocenters. The van der Waals surface area contributed by atoms with Crippen molar-refractivity contribution in [3.63, 3.8) is 0 Å². The largest absolute Gasteiger partial charge is 3.00 e. The summed E-state index contributed by atoms with van der Waals surface area (Å²) in [7, 11) is 1.92. The van der Waals surface area contributed by atoms with Gasteiger partial charge in [0.05, 0.1) is 5.41 Å². The Labute approximate surface area is 265 Å². The number of amides is 1. The van der Waals surface area contributed by atoms with Crippen LogP contribution in [0, 0.1) is 19.4 Å². The van der Waals surface area contributed by atoms with E-state index in [0.29, 0.717) is 0 Å². The summed E-state index contributed by atoms with van der Waals surface area (Å²) in [5.41, 5.74) is 3.42. The maximum atomic E-state index is 13.0. The quantitative estimate of drug-likeness (QED) is 0.225. The standard InChI is InChI=1S/C18H24N2O.C6H5.2C2H6.CH4.I2.Y/c1-4-12-20(5-2)13-18-11-7-9-14-8-6-10-15(16(14)18)19(3)17(18)21;1-2-4-6-5-3-1;2*1-2;;1-2;/h4,6,8,10H,2,5,7,9,11-13H2,1,3H3;1-5H;2*1-2H3;1H4;;/q-2;-1;;;;;+3. The molecule has 194 valence electrons. The van der Waals surface area contributed by atoms with Gasteiger partial charge in [-0.15, -0.1) is 13.1 Å². The predicted molar refractivity (Wildman–Crippen MR) is 169 cm³/mol. The van der Waals surface area contributed by atoms with Crippen LogP contribution in [0.1, 0.15) is 66.0 Å². The second-order valence-corrected chi connectivity index (χ2v) is 7.33. The first-order valence-electron chi connectivity index (χ1n) is 11.9. The van der Waals surface area contributed by atoms with Gasteiger partial charge in [-0.25, -0.2) is 0 Å². The van der Waals surface area contributed by atoms with E-state index in [0.717, 1.165) is 44.6 Å². The number of halogens is 2. The van der Waals surface area contributed by atoms with Gasteiger partial charge in [0, 0.05) is 56.5 Å². The maximum Gasteiger partial charge on any atom is 3.00 e. The van der Waals surface area contributed by atoms with Crippen LogP contribution >= 0.6 is 37.2 Å². The van der Waals surface area contributed by atoms with E-state index >= 15 is 0 Å².